The fraction of sp³-hybridized carbons (Fsp3) is 0.667. The van der Waals surface area contributed by atoms with Crippen LogP contribution in [0.15, 0.2) is 24.3 Å². The zero-order chi connectivity index (χ0) is 23.3. The van der Waals surface area contributed by atoms with Crippen LogP contribution in [0.2, 0.25) is 0 Å². The molecule has 2 atom stereocenters. The summed E-state index contributed by atoms with van der Waals surface area (Å²) >= 11 is 0. The highest BCUT2D eigenvalue weighted by molar-refractivity contribution is 7.47. The van der Waals surface area contributed by atoms with Crippen LogP contribution in [0.4, 0.5) is 5.69 Å². The molecular formula is C21H39N2O8P. The second kappa shape index (κ2) is 15.2. The minimum Gasteiger partial charge on any atom is -0.870 e. The Kier molecular flexibility index (Phi) is 14.4. The smallest absolute Gasteiger partial charge is 0.472 e. The second-order valence-corrected chi connectivity index (χ2v) is 10.0. The van der Waals surface area contributed by atoms with Crippen LogP contribution in [-0.2, 0) is 18.4 Å². The lowest BCUT2D eigenvalue weighted by molar-refractivity contribution is -0.873. The summed E-state index contributed by atoms with van der Waals surface area (Å²) in [5.74, 6) is -0.376. The molecule has 11 heteroatoms. The fourth-order valence-electron chi connectivity index (χ4n) is 3.04. The van der Waals surface area contributed by atoms with E-state index in [-0.39, 0.29) is 25.0 Å². The Balaban J connectivity index is 0.00000961. The predicted octanol–water partition coefficient (Wildman–Crippen LogP) is 3.49. The molecular weight excluding hydrogens is 439 g/mol. The van der Waals surface area contributed by atoms with Gasteiger partial charge in [-0.15, -0.1) is 0 Å². The van der Waals surface area contributed by atoms with Gasteiger partial charge in [0.1, 0.15) is 18.4 Å². The van der Waals surface area contributed by atoms with Gasteiger partial charge < -0.3 is 30.4 Å². The first-order chi connectivity index (χ1) is 14.5. The highest BCUT2D eigenvalue weighted by Gasteiger charge is 2.31. The standard InChI is InChI=1S/C21H37N2O7P.H2O/c1-23(2,3)17-18(16-21(24)25)30-31(26,27)29-15-11-7-5-4-6-10-14-28-20-13-9-8-12-19(20)22;/h8-9,12-13,18H,4-7,10-11,14-17,22H2,1-3H3,(H-,24,25,26,27);1H2/t18-;/m1./s1. The molecule has 0 aromatic heterocycles. The molecule has 10 nitrogen and oxygen atoms in total. The molecule has 0 spiro atoms. The first kappa shape index (κ1) is 30.3. The summed E-state index contributed by atoms with van der Waals surface area (Å²) < 4.78 is 28.3. The number of rotatable bonds is 17. The quantitative estimate of drug-likeness (QED) is 0.132. The number of phosphoric ester groups is 1. The third-order valence-corrected chi connectivity index (χ3v) is 5.48. The minimum absolute atomic E-state index is 0. The second-order valence-electron chi connectivity index (χ2n) is 8.61. The number of ether oxygens (including phenoxy) is 1. The largest absolute Gasteiger partial charge is 0.870 e. The van der Waals surface area contributed by atoms with Crippen LogP contribution < -0.4 is 10.5 Å². The Morgan fingerprint density at radius 1 is 1.06 bits per heavy atom. The summed E-state index contributed by atoms with van der Waals surface area (Å²) in [5.41, 5.74) is 6.46. The number of nitrogen functional groups attached to an aromatic ring is 1. The van der Waals surface area contributed by atoms with E-state index in [1.807, 2.05) is 45.4 Å². The van der Waals surface area contributed by atoms with Crippen LogP contribution >= 0.6 is 7.82 Å². The Hall–Kier alpha value is -1.68. The van der Waals surface area contributed by atoms with Gasteiger partial charge in [0.15, 0.2) is 0 Å². The van der Waals surface area contributed by atoms with Gasteiger partial charge in [-0.3, -0.25) is 13.8 Å². The van der Waals surface area contributed by atoms with Crippen molar-refractivity contribution >= 4 is 19.5 Å². The molecule has 186 valence electrons. The summed E-state index contributed by atoms with van der Waals surface area (Å²) in [6, 6.07) is 7.42. The van der Waals surface area contributed by atoms with Gasteiger partial charge in [-0.05, 0) is 25.0 Å². The molecule has 0 radical (unpaired) electrons. The lowest BCUT2D eigenvalue weighted by atomic mass is 10.1. The van der Waals surface area contributed by atoms with Gasteiger partial charge in [0, 0.05) is 0 Å². The number of nitrogens with zero attached hydrogens (tertiary/aromatic N) is 1. The first-order valence-electron chi connectivity index (χ1n) is 10.6. The molecule has 0 heterocycles. The van der Waals surface area contributed by atoms with E-state index in [0.717, 1.165) is 32.1 Å². The molecule has 0 amide bonds. The molecule has 0 aliphatic carbocycles. The highest BCUT2D eigenvalue weighted by atomic mass is 31.2. The highest BCUT2D eigenvalue weighted by Crippen LogP contribution is 2.45. The van der Waals surface area contributed by atoms with Crippen LogP contribution in [0.1, 0.15) is 44.9 Å². The van der Waals surface area contributed by atoms with E-state index in [1.165, 1.54) is 0 Å². The van der Waals surface area contributed by atoms with Crippen molar-refractivity contribution in [3.8, 4) is 5.75 Å². The number of benzene rings is 1. The van der Waals surface area contributed by atoms with Crippen molar-refractivity contribution < 1.29 is 43.1 Å². The van der Waals surface area contributed by atoms with Crippen molar-refractivity contribution in [2.75, 3.05) is 46.6 Å². The maximum absolute atomic E-state index is 12.1. The number of unbranched alkanes of at least 4 members (excludes halogenated alkanes) is 5. The lowest BCUT2D eigenvalue weighted by Gasteiger charge is -2.29. The maximum atomic E-state index is 12.1. The van der Waals surface area contributed by atoms with E-state index < -0.39 is 19.9 Å². The summed E-state index contributed by atoms with van der Waals surface area (Å²) in [5, 5.41) is 8.99. The molecule has 0 aliphatic heterocycles. The number of carboxylic acids is 1. The fourth-order valence-corrected chi connectivity index (χ4v) is 3.98. The predicted molar refractivity (Wildman–Crippen MR) is 122 cm³/mol. The third kappa shape index (κ3) is 15.2. The van der Waals surface area contributed by atoms with Crippen molar-refractivity contribution in [3.63, 3.8) is 0 Å². The molecule has 5 N–H and O–H groups in total. The molecule has 32 heavy (non-hydrogen) atoms. The molecule has 1 aromatic rings. The summed E-state index contributed by atoms with van der Waals surface area (Å²) in [7, 11) is 1.26. The number of hydrogen-bond acceptors (Lipinski definition) is 7. The Morgan fingerprint density at radius 3 is 2.19 bits per heavy atom. The van der Waals surface area contributed by atoms with E-state index in [0.29, 0.717) is 28.9 Å². The van der Waals surface area contributed by atoms with Crippen molar-refractivity contribution in [1.82, 2.24) is 0 Å². The van der Waals surface area contributed by atoms with Crippen LogP contribution in [0.25, 0.3) is 0 Å². The zero-order valence-corrected chi connectivity index (χ0v) is 20.2. The number of phosphoric acid groups is 1. The van der Waals surface area contributed by atoms with Gasteiger partial charge >= 0.3 is 13.8 Å². The molecule has 1 rings (SSSR count). The van der Waals surface area contributed by atoms with Gasteiger partial charge in [-0.1, -0.05) is 37.8 Å². The zero-order valence-electron chi connectivity index (χ0n) is 19.3. The van der Waals surface area contributed by atoms with Crippen LogP contribution in [0.3, 0.4) is 0 Å². The molecule has 1 aromatic carbocycles. The molecule has 0 fully saturated rings. The van der Waals surface area contributed by atoms with Gasteiger partial charge in [0.05, 0.1) is 46.5 Å². The molecule has 0 bridgehead atoms. The van der Waals surface area contributed by atoms with E-state index in [2.05, 4.69) is 0 Å². The number of carboxylic acid groups (broad SMARTS) is 1. The Labute approximate surface area is 190 Å². The normalized spacial score (nSPS) is 14.2. The van der Waals surface area contributed by atoms with E-state index in [9.17, 15) is 14.3 Å². The summed E-state index contributed by atoms with van der Waals surface area (Å²) in [6.07, 6.45) is 4.21. The van der Waals surface area contributed by atoms with Crippen LogP contribution in [0, 0.1) is 0 Å². The lowest BCUT2D eigenvalue weighted by Crippen LogP contribution is -2.42. The third-order valence-electron chi connectivity index (χ3n) is 4.41. The number of quaternary nitrogens is 1. The number of hydrogen-bond donors (Lipinski definition) is 3. The average Bonchev–Trinajstić information content (AvgIpc) is 2.62. The van der Waals surface area contributed by atoms with Crippen LogP contribution in [0.5, 0.6) is 5.75 Å². The number of para-hydroxylation sites is 2. The van der Waals surface area contributed by atoms with Crippen LogP contribution in [-0.4, -0.2) is 72.9 Å². The molecule has 0 saturated heterocycles. The number of nitrogens with two attached hydrogens (primary N) is 1. The van der Waals surface area contributed by atoms with Crippen molar-refractivity contribution in [2.45, 2.75) is 51.0 Å². The van der Waals surface area contributed by atoms with Crippen molar-refractivity contribution in [1.29, 1.82) is 0 Å². The van der Waals surface area contributed by atoms with Gasteiger partial charge in [-0.25, -0.2) is 4.57 Å². The van der Waals surface area contributed by atoms with E-state index >= 15 is 0 Å². The van der Waals surface area contributed by atoms with Gasteiger partial charge in [-0.2, -0.15) is 0 Å². The number of likely N-dealkylation sites (N-methyl/N-ethyl adjacent to an activating group) is 1. The minimum atomic E-state index is -4.29. The number of aliphatic carboxylic acids is 1. The SMILES string of the molecule is C[N+](C)(C)C[C@@H](CC(=O)O)OP(=O)(O)OCCCCCCCCOc1ccccc1N.[OH-]. The Morgan fingerprint density at radius 2 is 1.62 bits per heavy atom. The van der Waals surface area contributed by atoms with Crippen molar-refractivity contribution in [3.05, 3.63) is 24.3 Å². The molecule has 0 saturated carbocycles. The number of carbonyl (C=O) groups is 1. The van der Waals surface area contributed by atoms with E-state index in [4.69, 9.17) is 24.6 Å². The topological polar surface area (TPSA) is 158 Å². The average molecular weight is 479 g/mol. The van der Waals surface area contributed by atoms with E-state index in [1.54, 1.807) is 0 Å². The maximum Gasteiger partial charge on any atom is 0.472 e. The monoisotopic (exact) mass is 478 g/mol. The molecule has 1 unspecified atom stereocenters. The molecule has 0 aliphatic rings. The number of anilines is 1. The Bertz CT molecular complexity index is 711. The van der Waals surface area contributed by atoms with Crippen molar-refractivity contribution in [2.24, 2.45) is 0 Å². The van der Waals surface area contributed by atoms with Gasteiger partial charge in [0.2, 0.25) is 0 Å². The summed E-state index contributed by atoms with van der Waals surface area (Å²) in [4.78, 5) is 20.9. The summed E-state index contributed by atoms with van der Waals surface area (Å²) in [6.45, 7) is 0.988. The first-order valence-corrected chi connectivity index (χ1v) is 12.1. The van der Waals surface area contributed by atoms with Gasteiger partial charge in [0.25, 0.3) is 0 Å².